The minimum atomic E-state index is -0.185. The van der Waals surface area contributed by atoms with E-state index in [0.717, 1.165) is 52.4 Å². The largest absolute Gasteiger partial charge is 0.393 e. The first-order chi connectivity index (χ1) is 10.7. The number of rotatable bonds is 2. The molecule has 0 aliphatic carbocycles. The van der Waals surface area contributed by atoms with Gasteiger partial charge in [0, 0.05) is 25.4 Å². The van der Waals surface area contributed by atoms with E-state index in [4.69, 9.17) is 5.73 Å². The Hall–Kier alpha value is -2.12. The molecule has 6 nitrogen and oxygen atoms in total. The Labute approximate surface area is 131 Å². The lowest BCUT2D eigenvalue weighted by atomic mass is 10.1. The van der Waals surface area contributed by atoms with Crippen molar-refractivity contribution in [2.24, 2.45) is 0 Å². The van der Waals surface area contributed by atoms with E-state index in [2.05, 4.69) is 20.1 Å². The second-order valence-corrected chi connectivity index (χ2v) is 6.63. The molecule has 0 amide bonds. The van der Waals surface area contributed by atoms with Crippen LogP contribution in [-0.4, -0.2) is 39.5 Å². The van der Waals surface area contributed by atoms with Crippen molar-refractivity contribution in [3.8, 4) is 10.6 Å². The summed E-state index contributed by atoms with van der Waals surface area (Å²) in [5.74, 6) is 0.530. The first-order valence-electron chi connectivity index (χ1n) is 7.33. The fourth-order valence-corrected chi connectivity index (χ4v) is 4.01. The van der Waals surface area contributed by atoms with Crippen LogP contribution in [0.15, 0.2) is 24.4 Å². The molecular formula is C15H17N5OS. The van der Waals surface area contributed by atoms with Gasteiger partial charge in [-0.05, 0) is 25.0 Å². The minimum Gasteiger partial charge on any atom is -0.393 e. The Bertz CT molecular complexity index is 790. The van der Waals surface area contributed by atoms with Gasteiger partial charge in [-0.25, -0.2) is 4.98 Å². The normalized spacial score (nSPS) is 16.5. The number of hydrogen-bond donors (Lipinski definition) is 3. The number of nitrogen functional groups attached to an aromatic ring is 1. The van der Waals surface area contributed by atoms with E-state index in [9.17, 15) is 5.11 Å². The summed E-state index contributed by atoms with van der Waals surface area (Å²) >= 11 is 1.69. The molecule has 4 N–H and O–H groups in total. The zero-order valence-corrected chi connectivity index (χ0v) is 12.8. The maximum absolute atomic E-state index is 9.70. The van der Waals surface area contributed by atoms with Gasteiger partial charge in [0.2, 0.25) is 0 Å². The summed E-state index contributed by atoms with van der Waals surface area (Å²) in [5.41, 5.74) is 9.00. The molecule has 7 heteroatoms. The lowest BCUT2D eigenvalue weighted by Gasteiger charge is -2.31. The molecule has 1 aliphatic heterocycles. The number of nitrogens with two attached hydrogens (primary N) is 1. The number of thiophene rings is 1. The lowest BCUT2D eigenvalue weighted by molar-refractivity contribution is 0.145. The first kappa shape index (κ1) is 13.5. The molecule has 0 spiro atoms. The highest BCUT2D eigenvalue weighted by atomic mass is 32.1. The van der Waals surface area contributed by atoms with Gasteiger partial charge in [-0.2, -0.15) is 5.10 Å². The molecule has 0 unspecified atom stereocenters. The SMILES string of the molecule is Nc1cc(N2CCC(O)CC2)c2sc(-c3ccn[nH]3)cc2n1. The van der Waals surface area contributed by atoms with Gasteiger partial charge < -0.3 is 15.7 Å². The molecule has 4 heterocycles. The Morgan fingerprint density at radius 1 is 1.32 bits per heavy atom. The van der Waals surface area contributed by atoms with E-state index < -0.39 is 0 Å². The van der Waals surface area contributed by atoms with Gasteiger partial charge in [0.15, 0.2) is 0 Å². The van der Waals surface area contributed by atoms with Crippen LogP contribution < -0.4 is 10.6 Å². The summed E-state index contributed by atoms with van der Waals surface area (Å²) in [7, 11) is 0. The number of aliphatic hydroxyl groups is 1. The highest BCUT2D eigenvalue weighted by molar-refractivity contribution is 7.22. The maximum Gasteiger partial charge on any atom is 0.126 e. The number of H-pyrrole nitrogens is 1. The quantitative estimate of drug-likeness (QED) is 0.674. The van der Waals surface area contributed by atoms with Gasteiger partial charge in [-0.1, -0.05) is 0 Å². The first-order valence-corrected chi connectivity index (χ1v) is 8.15. The average molecular weight is 315 g/mol. The predicted molar refractivity (Wildman–Crippen MR) is 89.1 cm³/mol. The fourth-order valence-electron chi connectivity index (χ4n) is 2.89. The van der Waals surface area contributed by atoms with E-state index in [1.54, 1.807) is 17.5 Å². The summed E-state index contributed by atoms with van der Waals surface area (Å²) in [5, 5.41) is 16.7. The maximum atomic E-state index is 9.70. The molecule has 114 valence electrons. The van der Waals surface area contributed by atoms with Crippen molar-refractivity contribution in [1.82, 2.24) is 15.2 Å². The Morgan fingerprint density at radius 2 is 2.14 bits per heavy atom. The summed E-state index contributed by atoms with van der Waals surface area (Å²) in [6.07, 6.45) is 3.15. The molecule has 4 rings (SSSR count). The number of aromatic nitrogens is 3. The molecule has 0 bridgehead atoms. The van der Waals surface area contributed by atoms with Crippen molar-refractivity contribution in [2.75, 3.05) is 23.7 Å². The molecule has 3 aromatic heterocycles. The number of hydrogen-bond acceptors (Lipinski definition) is 6. The van der Waals surface area contributed by atoms with Gasteiger partial charge in [-0.15, -0.1) is 11.3 Å². The van der Waals surface area contributed by atoms with Crippen LogP contribution in [0.2, 0.25) is 0 Å². The van der Waals surface area contributed by atoms with Crippen molar-refractivity contribution < 1.29 is 5.11 Å². The van der Waals surface area contributed by atoms with Crippen LogP contribution in [0.4, 0.5) is 11.5 Å². The zero-order valence-electron chi connectivity index (χ0n) is 12.0. The molecule has 22 heavy (non-hydrogen) atoms. The summed E-state index contributed by atoms with van der Waals surface area (Å²) < 4.78 is 1.13. The molecular weight excluding hydrogens is 298 g/mol. The second-order valence-electron chi connectivity index (χ2n) is 5.58. The number of piperidine rings is 1. The number of fused-ring (bicyclic) bond motifs is 1. The molecule has 0 saturated carbocycles. The molecule has 1 aliphatic rings. The van der Waals surface area contributed by atoms with E-state index in [0.29, 0.717) is 5.82 Å². The smallest absolute Gasteiger partial charge is 0.126 e. The monoisotopic (exact) mass is 315 g/mol. The average Bonchev–Trinajstić information content (AvgIpc) is 3.15. The molecule has 1 saturated heterocycles. The van der Waals surface area contributed by atoms with E-state index in [1.807, 2.05) is 18.2 Å². The topological polar surface area (TPSA) is 91.1 Å². The number of aliphatic hydroxyl groups excluding tert-OH is 1. The van der Waals surface area contributed by atoms with Crippen LogP contribution in [0.25, 0.3) is 20.8 Å². The van der Waals surface area contributed by atoms with E-state index >= 15 is 0 Å². The van der Waals surface area contributed by atoms with E-state index in [1.165, 1.54) is 0 Å². The molecule has 0 atom stereocenters. The molecule has 0 radical (unpaired) electrons. The van der Waals surface area contributed by atoms with Crippen LogP contribution >= 0.6 is 11.3 Å². The highest BCUT2D eigenvalue weighted by Crippen LogP contribution is 2.39. The standard InChI is InChI=1S/C15H17N5OS/c16-14-8-12(20-5-2-9(21)3-6-20)15-11(18-14)7-13(22-15)10-1-4-17-19-10/h1,4,7-9,21H,2-3,5-6H2,(H2,16,18)(H,17,19). The fraction of sp³-hybridized carbons (Fsp3) is 0.333. The van der Waals surface area contributed by atoms with Gasteiger partial charge in [-0.3, -0.25) is 5.10 Å². The van der Waals surface area contributed by atoms with Gasteiger partial charge in [0.1, 0.15) is 5.82 Å². The number of nitrogens with one attached hydrogen (secondary N) is 1. The van der Waals surface area contributed by atoms with Crippen molar-refractivity contribution in [2.45, 2.75) is 18.9 Å². The van der Waals surface area contributed by atoms with Crippen LogP contribution in [-0.2, 0) is 0 Å². The molecule has 3 aromatic rings. The van der Waals surface area contributed by atoms with Gasteiger partial charge >= 0.3 is 0 Å². The summed E-state index contributed by atoms with van der Waals surface area (Å²) in [6.45, 7) is 1.69. The third-order valence-corrected chi connectivity index (χ3v) is 5.23. The van der Waals surface area contributed by atoms with Crippen LogP contribution in [0, 0.1) is 0 Å². The minimum absolute atomic E-state index is 0.185. The van der Waals surface area contributed by atoms with Crippen LogP contribution in [0.5, 0.6) is 0 Å². The lowest BCUT2D eigenvalue weighted by Crippen LogP contribution is -2.35. The van der Waals surface area contributed by atoms with Crippen molar-refractivity contribution in [1.29, 1.82) is 0 Å². The number of anilines is 2. The predicted octanol–water partition coefficient (Wildman–Crippen LogP) is 2.23. The van der Waals surface area contributed by atoms with Crippen molar-refractivity contribution in [3.63, 3.8) is 0 Å². The van der Waals surface area contributed by atoms with Crippen LogP contribution in [0.1, 0.15) is 12.8 Å². The number of pyridine rings is 1. The third-order valence-electron chi connectivity index (χ3n) is 4.05. The number of nitrogens with zero attached hydrogens (tertiary/aromatic N) is 3. The molecule has 0 aromatic carbocycles. The van der Waals surface area contributed by atoms with E-state index in [-0.39, 0.29) is 6.10 Å². The van der Waals surface area contributed by atoms with Gasteiger partial charge in [0.05, 0.1) is 32.6 Å². The van der Waals surface area contributed by atoms with Gasteiger partial charge in [0.25, 0.3) is 0 Å². The van der Waals surface area contributed by atoms with Crippen LogP contribution in [0.3, 0.4) is 0 Å². The summed E-state index contributed by atoms with van der Waals surface area (Å²) in [4.78, 5) is 7.85. The Kier molecular flexibility index (Phi) is 3.24. The Morgan fingerprint density at radius 3 is 2.86 bits per heavy atom. The summed E-state index contributed by atoms with van der Waals surface area (Å²) in [6, 6.07) is 5.93. The Balaban J connectivity index is 1.80. The highest BCUT2D eigenvalue weighted by Gasteiger charge is 2.21. The third kappa shape index (κ3) is 2.32. The number of aromatic amines is 1. The van der Waals surface area contributed by atoms with Crippen molar-refractivity contribution in [3.05, 3.63) is 24.4 Å². The van der Waals surface area contributed by atoms with Crippen molar-refractivity contribution >= 4 is 33.1 Å². The second kappa shape index (κ2) is 5.26. The zero-order chi connectivity index (χ0) is 15.1. The molecule has 1 fully saturated rings.